The number of hydrogen-bond donors (Lipinski definition) is 21. The van der Waals surface area contributed by atoms with Crippen LogP contribution in [0.1, 0.15) is 115 Å². The molecule has 1 aromatic heterocycles. The van der Waals surface area contributed by atoms with Gasteiger partial charge in [0.25, 0.3) is 0 Å². The van der Waals surface area contributed by atoms with Gasteiger partial charge in [-0.1, -0.05) is 74.5 Å². The van der Waals surface area contributed by atoms with Gasteiger partial charge in [0.05, 0.1) is 37.9 Å². The van der Waals surface area contributed by atoms with E-state index in [1.807, 2.05) is 5.32 Å². The number of carboxylic acids is 1. The lowest BCUT2D eigenvalue weighted by Gasteiger charge is -2.29. The highest BCUT2D eigenvalue weighted by atomic mass is 16.4. The Labute approximate surface area is 588 Å². The first-order valence-corrected chi connectivity index (χ1v) is 33.2. The first-order chi connectivity index (χ1) is 48.3. The first kappa shape index (κ1) is 85.7. The first-order valence-electron chi connectivity index (χ1n) is 33.2. The molecule has 0 spiro atoms. The van der Waals surface area contributed by atoms with Crippen LogP contribution >= 0.6 is 0 Å². The molecule has 0 fully saturated rings. The molecular weight excluding hydrogens is 1330 g/mol. The normalized spacial score (nSPS) is 14.9. The molecule has 37 heteroatoms. The average Bonchev–Trinajstić information content (AvgIpc) is 1.20. The third-order valence-corrected chi connectivity index (χ3v) is 15.7. The zero-order valence-corrected chi connectivity index (χ0v) is 57.4. The van der Waals surface area contributed by atoms with Crippen LogP contribution in [0.15, 0.2) is 73.2 Å². The molecule has 0 aliphatic rings. The van der Waals surface area contributed by atoms with Gasteiger partial charge in [-0.05, 0) is 102 Å². The van der Waals surface area contributed by atoms with Crippen LogP contribution in [0.3, 0.4) is 0 Å². The fraction of sp³-hybridized carbons (Fsp3) is 0.538. The Kier molecular flexibility index (Phi) is 37.5. The zero-order chi connectivity index (χ0) is 76.2. The number of unbranched alkanes of at least 4 members (excludes halogenated alkanes) is 2. The summed E-state index contributed by atoms with van der Waals surface area (Å²) in [6, 6.07) is -2.22. The lowest BCUT2D eigenvalue weighted by molar-refractivity contribution is -0.145. The molecule has 27 N–H and O–H groups in total. The van der Waals surface area contributed by atoms with Crippen LogP contribution in [-0.4, -0.2) is 212 Å². The van der Waals surface area contributed by atoms with E-state index in [1.165, 1.54) is 19.4 Å². The molecule has 562 valence electrons. The molecule has 0 saturated heterocycles. The van der Waals surface area contributed by atoms with Crippen LogP contribution in [0.2, 0.25) is 0 Å². The van der Waals surface area contributed by atoms with Gasteiger partial charge in [-0.15, -0.1) is 0 Å². The van der Waals surface area contributed by atoms with Gasteiger partial charge < -0.3 is 113 Å². The summed E-state index contributed by atoms with van der Waals surface area (Å²) in [6.07, 6.45) is -1.73. The van der Waals surface area contributed by atoms with Gasteiger partial charge >= 0.3 is 5.97 Å². The molecule has 13 atom stereocenters. The number of aliphatic hydroxyl groups excluding tert-OH is 2. The number of imidazole rings is 1. The number of nitrogens with two attached hydrogens (primary N) is 6. The molecule has 2 aromatic carbocycles. The van der Waals surface area contributed by atoms with E-state index in [1.54, 1.807) is 74.5 Å². The van der Waals surface area contributed by atoms with Gasteiger partial charge in [-0.3, -0.25) is 67.1 Å². The minimum atomic E-state index is -1.89. The summed E-state index contributed by atoms with van der Waals surface area (Å²) in [6.45, 7) is 5.04. The number of rotatable bonds is 48. The fourth-order valence-electron chi connectivity index (χ4n) is 10.1. The minimum Gasteiger partial charge on any atom is -0.480 e. The van der Waals surface area contributed by atoms with Crippen molar-refractivity contribution in [2.24, 2.45) is 40.3 Å². The average molecular weight is 1430 g/mol. The lowest BCUT2D eigenvalue weighted by Crippen LogP contribution is -2.61. The number of amides is 14. The molecule has 0 radical (unpaired) electrons. The summed E-state index contributed by atoms with van der Waals surface area (Å²) in [4.78, 5) is 210. The van der Waals surface area contributed by atoms with Crippen LogP contribution in [0.4, 0.5) is 0 Å². The number of nitrogens with zero attached hydrogens (tertiary/aromatic N) is 1. The number of aliphatic hydroxyl groups is 2. The second-order valence-electron chi connectivity index (χ2n) is 24.8. The summed E-state index contributed by atoms with van der Waals surface area (Å²) in [5.74, 6) is -16.6. The third kappa shape index (κ3) is 31.4. The molecule has 37 nitrogen and oxygen atoms in total. The second kappa shape index (κ2) is 44.6. The highest BCUT2D eigenvalue weighted by Crippen LogP contribution is 2.14. The van der Waals surface area contributed by atoms with Crippen molar-refractivity contribution in [2.75, 3.05) is 19.7 Å². The summed E-state index contributed by atoms with van der Waals surface area (Å²) in [5, 5.41) is 56.4. The number of nitrogens with one attached hydrogen (secondary N) is 12. The fourth-order valence-corrected chi connectivity index (χ4v) is 10.1. The number of H-pyrrole nitrogens is 1. The molecule has 0 aliphatic carbocycles. The van der Waals surface area contributed by atoms with Crippen LogP contribution in [-0.2, 0) is 91.2 Å². The van der Waals surface area contributed by atoms with E-state index in [0.717, 1.165) is 12.5 Å². The zero-order valence-electron chi connectivity index (χ0n) is 57.4. The lowest BCUT2D eigenvalue weighted by atomic mass is 10.00. The Bertz CT molecular complexity index is 3290. The third-order valence-electron chi connectivity index (χ3n) is 15.7. The van der Waals surface area contributed by atoms with Crippen molar-refractivity contribution < 1.29 is 87.2 Å². The molecular formula is C65H99N19O18. The highest BCUT2D eigenvalue weighted by Gasteiger charge is 2.38. The minimum absolute atomic E-state index is 0.131. The molecule has 3 rings (SSSR count). The maximum absolute atomic E-state index is 14.8. The van der Waals surface area contributed by atoms with E-state index in [-0.39, 0.29) is 76.1 Å². The number of aliphatic carboxylic acids is 1. The molecule has 3 aromatic rings. The van der Waals surface area contributed by atoms with Gasteiger partial charge in [-0.25, -0.2) is 9.78 Å². The van der Waals surface area contributed by atoms with E-state index in [9.17, 15) is 87.2 Å². The summed E-state index contributed by atoms with van der Waals surface area (Å²) >= 11 is 0. The van der Waals surface area contributed by atoms with Gasteiger partial charge in [0.1, 0.15) is 60.4 Å². The quantitative estimate of drug-likeness (QED) is 0.0234. The second-order valence-corrected chi connectivity index (χ2v) is 24.8. The maximum Gasteiger partial charge on any atom is 0.328 e. The number of carbonyl (C=O) groups excluding carboxylic acids is 14. The van der Waals surface area contributed by atoms with Crippen molar-refractivity contribution in [3.05, 3.63) is 90.0 Å². The smallest absolute Gasteiger partial charge is 0.328 e. The topological polar surface area (TPSA) is 634 Å². The summed E-state index contributed by atoms with van der Waals surface area (Å²) in [5.41, 5.74) is 35.4. The maximum atomic E-state index is 14.8. The van der Waals surface area contributed by atoms with E-state index in [2.05, 4.69) is 63.1 Å². The van der Waals surface area contributed by atoms with Gasteiger partial charge in [0.15, 0.2) is 6.04 Å². The highest BCUT2D eigenvalue weighted by molar-refractivity contribution is 6.01. The molecule has 0 saturated carbocycles. The van der Waals surface area contributed by atoms with Gasteiger partial charge in [-0.2, -0.15) is 0 Å². The number of carboxylic acid groups (broad SMARTS) is 1. The number of aromatic nitrogens is 2. The molecule has 0 bridgehead atoms. The van der Waals surface area contributed by atoms with Crippen molar-refractivity contribution in [2.45, 2.75) is 196 Å². The van der Waals surface area contributed by atoms with E-state index in [0.29, 0.717) is 18.4 Å². The van der Waals surface area contributed by atoms with E-state index >= 15 is 0 Å². The predicted molar refractivity (Wildman–Crippen MR) is 365 cm³/mol. The number of primary amides is 3. The van der Waals surface area contributed by atoms with Crippen LogP contribution in [0, 0.1) is 5.92 Å². The number of carbonyl (C=O) groups is 15. The van der Waals surface area contributed by atoms with Crippen molar-refractivity contribution in [3.63, 3.8) is 0 Å². The Morgan fingerprint density at radius 3 is 1.26 bits per heavy atom. The molecule has 14 amide bonds. The summed E-state index contributed by atoms with van der Waals surface area (Å²) < 4.78 is 0. The molecule has 102 heavy (non-hydrogen) atoms. The molecule has 1 heterocycles. The van der Waals surface area contributed by atoms with Crippen molar-refractivity contribution in [1.29, 1.82) is 0 Å². The van der Waals surface area contributed by atoms with Gasteiger partial charge in [0, 0.05) is 31.2 Å². The summed E-state index contributed by atoms with van der Waals surface area (Å²) in [7, 11) is 0. The van der Waals surface area contributed by atoms with Crippen LogP contribution < -0.4 is 92.9 Å². The predicted octanol–water partition coefficient (Wildman–Crippen LogP) is -7.10. The number of benzene rings is 2. The monoisotopic (exact) mass is 1430 g/mol. The number of aromatic amines is 1. The van der Waals surface area contributed by atoms with Crippen LogP contribution in [0.25, 0.3) is 0 Å². The number of hydrogen-bond acceptors (Lipinski definition) is 21. The Morgan fingerprint density at radius 1 is 0.451 bits per heavy atom. The van der Waals surface area contributed by atoms with E-state index in [4.69, 9.17) is 34.4 Å². The van der Waals surface area contributed by atoms with Crippen molar-refractivity contribution >= 4 is 88.7 Å². The van der Waals surface area contributed by atoms with Gasteiger partial charge in [0.2, 0.25) is 82.7 Å². The SMILES string of the molecule is CC(C)C[C@H](NC(=O)[C@H](Cc1cnc[nH]1)NC(=O)[C@H](Cc1ccccc1)NC(=O)[C@H](CC(N)=O)NC(=O)[C@H](CCCCN)NC(=O)[C@H](CO)NC(=O)[C@H](C)NC(=O)[C@@H](N)Cc1ccccc1)C(=O)N[C@@H](CCC(N)=O)C(=O)N[C@@H](CCCCN)C(=O)N[C@@H](CC(N)=O)C(=O)N[C@H](C(=O)O)[C@@H](C)O. The largest absolute Gasteiger partial charge is 0.480 e. The van der Waals surface area contributed by atoms with E-state index < -0.39 is 200 Å². The molecule has 0 unspecified atom stereocenters. The Balaban J connectivity index is 1.96. The molecule has 0 aliphatic heterocycles. The Hall–Kier alpha value is -10.5. The standard InChI is InChI=1S/C65H99N19O18/c1-34(2)25-44(59(95)77-43(21-22-50(69)87)58(94)75-41(19-11-13-23-66)56(92)82-48(30-52(71)89)63(99)84-53(36(4)86)65(101)102)78-61(97)46(28-39-31-72-33-73-39)80-60(96)45(27-38-17-9-6-10-18-38)79-62(98)47(29-51(70)88)81-57(93)42(20-12-14-24-67)76-64(100)49(32-85)83-54(90)35(3)74-55(91)40(68)26-37-15-7-5-8-16-37/h5-10,15-18,31,33-36,40-49,53,85-86H,11-14,19-30,32,66-68H2,1-4H3,(H2,69,87)(H2,70,88)(H2,71,89)(H,72,73)(H,74,91)(H,75,94)(H,76,100)(H,77,95)(H,78,97)(H,79,98)(H,80,96)(H,81,93)(H,82,92)(H,83,90)(H,84,99)(H,101,102)/t35-,36+,40-,41-,42-,43-,44-,45-,46-,47-,48-,49-,53-/m0/s1. The Morgan fingerprint density at radius 2 is 0.843 bits per heavy atom. The van der Waals surface area contributed by atoms with Crippen molar-refractivity contribution in [3.8, 4) is 0 Å². The van der Waals surface area contributed by atoms with Crippen molar-refractivity contribution in [1.82, 2.24) is 68.5 Å². The van der Waals surface area contributed by atoms with Crippen LogP contribution in [0.5, 0.6) is 0 Å².